The molecule has 0 bridgehead atoms. The van der Waals surface area contributed by atoms with Crippen LogP contribution in [0.2, 0.25) is 0 Å². The second kappa shape index (κ2) is 11.4. The van der Waals surface area contributed by atoms with Gasteiger partial charge in [0.2, 0.25) is 5.91 Å². The molecular formula is C21H35NO3S. The first-order chi connectivity index (χ1) is 12.3. The number of carbonyl (C=O) groups excluding carboxylic acids is 1. The van der Waals surface area contributed by atoms with Crippen molar-refractivity contribution in [1.82, 2.24) is 5.32 Å². The zero-order valence-electron chi connectivity index (χ0n) is 17.2. The molecule has 0 aromatic heterocycles. The fraction of sp³-hybridized carbons (Fsp3) is 0.667. The second-order valence-electron chi connectivity index (χ2n) is 7.46. The van der Waals surface area contributed by atoms with Crippen LogP contribution in [0.15, 0.2) is 18.2 Å². The molecule has 0 unspecified atom stereocenters. The van der Waals surface area contributed by atoms with Crippen LogP contribution in [0, 0.1) is 5.92 Å². The maximum atomic E-state index is 12.0. The molecule has 0 heterocycles. The minimum atomic E-state index is -0.321. The molecule has 1 aromatic rings. The van der Waals surface area contributed by atoms with Gasteiger partial charge in [0.25, 0.3) is 0 Å². The Bertz CT molecular complexity index is 558. The van der Waals surface area contributed by atoms with Gasteiger partial charge in [0, 0.05) is 13.0 Å². The van der Waals surface area contributed by atoms with Crippen LogP contribution >= 0.6 is 11.8 Å². The lowest BCUT2D eigenvalue weighted by molar-refractivity contribution is -0.121. The first kappa shape index (κ1) is 22.7. The monoisotopic (exact) mass is 381 g/mol. The standard InChI is InChI=1S/C21H35NO3S/c1-16(2)10-8-7-9-11-20(23)22-15-17-12-13-18(19(14-17)24-5)25-21(3,4)26-6/h12-14,16H,7-11,15H2,1-6H3,(H,22,23). The molecule has 0 aliphatic heterocycles. The highest BCUT2D eigenvalue weighted by molar-refractivity contribution is 7.99. The van der Waals surface area contributed by atoms with Crippen LogP contribution < -0.4 is 14.8 Å². The summed E-state index contributed by atoms with van der Waals surface area (Å²) < 4.78 is 11.4. The molecule has 0 saturated carbocycles. The number of hydrogen-bond acceptors (Lipinski definition) is 4. The number of unbranched alkanes of at least 4 members (excludes halogenated alkanes) is 2. The van der Waals surface area contributed by atoms with Crippen LogP contribution in [0.3, 0.4) is 0 Å². The predicted octanol–water partition coefficient (Wildman–Crippen LogP) is 5.40. The molecule has 1 N–H and O–H groups in total. The van der Waals surface area contributed by atoms with Crippen molar-refractivity contribution in [3.8, 4) is 11.5 Å². The van der Waals surface area contributed by atoms with E-state index in [0.29, 0.717) is 24.5 Å². The number of ether oxygens (including phenoxy) is 2. The lowest BCUT2D eigenvalue weighted by Crippen LogP contribution is -2.24. The minimum Gasteiger partial charge on any atom is -0.493 e. The number of carbonyl (C=O) groups is 1. The quantitative estimate of drug-likeness (QED) is 0.389. The van der Waals surface area contributed by atoms with E-state index < -0.39 is 0 Å². The molecule has 0 aliphatic carbocycles. The summed E-state index contributed by atoms with van der Waals surface area (Å²) in [6.07, 6.45) is 7.13. The minimum absolute atomic E-state index is 0.109. The lowest BCUT2D eigenvalue weighted by Gasteiger charge is -2.25. The average Bonchev–Trinajstić information content (AvgIpc) is 2.60. The second-order valence-corrected chi connectivity index (χ2v) is 8.85. The van der Waals surface area contributed by atoms with Gasteiger partial charge >= 0.3 is 0 Å². The number of rotatable bonds is 12. The molecule has 0 spiro atoms. The van der Waals surface area contributed by atoms with Crippen LogP contribution in [-0.2, 0) is 11.3 Å². The van der Waals surface area contributed by atoms with Crippen molar-refractivity contribution in [3.05, 3.63) is 23.8 Å². The summed E-state index contributed by atoms with van der Waals surface area (Å²) in [7, 11) is 1.63. The Hall–Kier alpha value is -1.36. The largest absolute Gasteiger partial charge is 0.493 e. The molecule has 1 rings (SSSR count). The first-order valence-electron chi connectivity index (χ1n) is 9.45. The van der Waals surface area contributed by atoms with Crippen molar-refractivity contribution in [2.75, 3.05) is 13.4 Å². The van der Waals surface area contributed by atoms with Gasteiger partial charge in [-0.25, -0.2) is 0 Å². The molecule has 26 heavy (non-hydrogen) atoms. The zero-order chi connectivity index (χ0) is 19.6. The maximum Gasteiger partial charge on any atom is 0.220 e. The van der Waals surface area contributed by atoms with Crippen molar-refractivity contribution in [1.29, 1.82) is 0 Å². The Morgan fingerprint density at radius 3 is 2.54 bits per heavy atom. The number of methoxy groups -OCH3 is 1. The number of amides is 1. The molecule has 0 atom stereocenters. The van der Waals surface area contributed by atoms with Crippen LogP contribution in [0.5, 0.6) is 11.5 Å². The van der Waals surface area contributed by atoms with Gasteiger partial charge in [-0.15, -0.1) is 11.8 Å². The molecule has 1 aromatic carbocycles. The summed E-state index contributed by atoms with van der Waals surface area (Å²) >= 11 is 1.64. The fourth-order valence-corrected chi connectivity index (χ4v) is 2.69. The van der Waals surface area contributed by atoms with E-state index in [9.17, 15) is 4.79 Å². The topological polar surface area (TPSA) is 47.6 Å². The van der Waals surface area contributed by atoms with E-state index >= 15 is 0 Å². The lowest BCUT2D eigenvalue weighted by atomic mass is 10.0. The summed E-state index contributed by atoms with van der Waals surface area (Å²) in [5, 5.41) is 2.99. The van der Waals surface area contributed by atoms with Gasteiger partial charge in [0.15, 0.2) is 11.5 Å². The number of benzene rings is 1. The smallest absolute Gasteiger partial charge is 0.220 e. The predicted molar refractivity (Wildman–Crippen MR) is 111 cm³/mol. The third kappa shape index (κ3) is 8.84. The summed E-state index contributed by atoms with van der Waals surface area (Å²) in [5.41, 5.74) is 1.00. The Kier molecular flexibility index (Phi) is 9.92. The van der Waals surface area contributed by atoms with Crippen molar-refractivity contribution in [2.45, 2.75) is 71.3 Å². The van der Waals surface area contributed by atoms with Gasteiger partial charge in [0.05, 0.1) is 7.11 Å². The first-order valence-corrected chi connectivity index (χ1v) is 10.7. The van der Waals surface area contributed by atoms with Crippen molar-refractivity contribution < 1.29 is 14.3 Å². The number of hydrogen-bond donors (Lipinski definition) is 1. The van der Waals surface area contributed by atoms with Gasteiger partial charge in [-0.1, -0.05) is 39.2 Å². The fourth-order valence-electron chi connectivity index (χ4n) is 2.52. The van der Waals surface area contributed by atoms with Gasteiger partial charge in [-0.05, 0) is 50.1 Å². The number of nitrogens with one attached hydrogen (secondary N) is 1. The molecule has 0 aliphatic rings. The van der Waals surface area contributed by atoms with E-state index in [-0.39, 0.29) is 10.8 Å². The normalized spacial score (nSPS) is 11.5. The summed E-state index contributed by atoms with van der Waals surface area (Å²) in [6, 6.07) is 5.80. The molecule has 4 nitrogen and oxygen atoms in total. The van der Waals surface area contributed by atoms with Crippen LogP contribution in [0.4, 0.5) is 0 Å². The van der Waals surface area contributed by atoms with E-state index in [4.69, 9.17) is 9.47 Å². The summed E-state index contributed by atoms with van der Waals surface area (Å²) in [5.74, 6) is 2.25. The van der Waals surface area contributed by atoms with E-state index in [2.05, 4.69) is 19.2 Å². The highest BCUT2D eigenvalue weighted by atomic mass is 32.2. The molecule has 148 valence electrons. The molecule has 0 saturated heterocycles. The van der Waals surface area contributed by atoms with Crippen molar-refractivity contribution >= 4 is 17.7 Å². The van der Waals surface area contributed by atoms with Crippen LogP contribution in [-0.4, -0.2) is 24.2 Å². The van der Waals surface area contributed by atoms with Gasteiger partial charge < -0.3 is 14.8 Å². The Morgan fingerprint density at radius 1 is 1.19 bits per heavy atom. The third-order valence-corrected chi connectivity index (χ3v) is 5.32. The SMILES string of the molecule is COc1cc(CNC(=O)CCCCCC(C)C)ccc1OC(C)(C)SC. The molecule has 0 fully saturated rings. The van der Waals surface area contributed by atoms with E-state index in [0.717, 1.165) is 24.3 Å². The molecule has 0 radical (unpaired) electrons. The summed E-state index contributed by atoms with van der Waals surface area (Å²) in [4.78, 5) is 11.7. The Morgan fingerprint density at radius 2 is 1.92 bits per heavy atom. The molecule has 5 heteroatoms. The highest BCUT2D eigenvalue weighted by Gasteiger charge is 2.20. The zero-order valence-corrected chi connectivity index (χ0v) is 18.0. The highest BCUT2D eigenvalue weighted by Crippen LogP contribution is 2.34. The van der Waals surface area contributed by atoms with Gasteiger partial charge in [-0.2, -0.15) is 0 Å². The Labute approximate surface area is 163 Å². The molecular weight excluding hydrogens is 346 g/mol. The van der Waals surface area contributed by atoms with E-state index in [1.807, 2.05) is 38.3 Å². The van der Waals surface area contributed by atoms with Gasteiger partial charge in [0.1, 0.15) is 4.93 Å². The van der Waals surface area contributed by atoms with Crippen LogP contribution in [0.25, 0.3) is 0 Å². The maximum absolute atomic E-state index is 12.0. The summed E-state index contributed by atoms with van der Waals surface area (Å²) in [6.45, 7) is 9.02. The van der Waals surface area contributed by atoms with Crippen LogP contribution in [0.1, 0.15) is 65.4 Å². The van der Waals surface area contributed by atoms with Crippen molar-refractivity contribution in [3.63, 3.8) is 0 Å². The average molecular weight is 382 g/mol. The van der Waals surface area contributed by atoms with Gasteiger partial charge in [-0.3, -0.25) is 4.79 Å². The third-order valence-electron chi connectivity index (χ3n) is 4.25. The Balaban J connectivity index is 2.46. The van der Waals surface area contributed by atoms with E-state index in [1.165, 1.54) is 12.8 Å². The van der Waals surface area contributed by atoms with Crippen molar-refractivity contribution in [2.24, 2.45) is 5.92 Å². The number of thioether (sulfide) groups is 1. The molecule has 1 amide bonds. The van der Waals surface area contributed by atoms with E-state index in [1.54, 1.807) is 18.9 Å².